The first-order chi connectivity index (χ1) is 17.2. The number of likely N-dealkylation sites (N-methyl/N-ethyl adjacent to an activating group) is 1. The summed E-state index contributed by atoms with van der Waals surface area (Å²) in [7, 11) is -2.39. The van der Waals surface area contributed by atoms with E-state index in [1.165, 1.54) is 34.6 Å². The largest absolute Gasteiger partial charge is 0.494 e. The van der Waals surface area contributed by atoms with Crippen molar-refractivity contribution >= 4 is 26.6 Å². The highest BCUT2D eigenvalue weighted by atomic mass is 32.2. The third kappa shape index (κ3) is 6.28. The Hall–Kier alpha value is -3.28. The zero-order valence-corrected chi connectivity index (χ0v) is 21.6. The molecule has 0 aliphatic rings. The Balaban J connectivity index is 1.74. The number of pyridine rings is 1. The maximum atomic E-state index is 13.5. The molecule has 1 aromatic heterocycles. The standard InChI is InChI=1S/C25H32N4O6S/c1-4-27(5-2)16-17-28(36(33,34)24-10-7-6-9-23(24)29(31)32)15-8-18-35-21-12-13-22-20(19-21)11-14-25(30)26(22)3/h6-7,9-14,19H,4-5,8,15-18H2,1-3H3. The molecule has 0 spiro atoms. The molecule has 0 aliphatic carbocycles. The molecule has 1 heterocycles. The number of sulfonamides is 1. The number of ether oxygens (including phenoxy) is 1. The third-order valence-corrected chi connectivity index (χ3v) is 8.10. The summed E-state index contributed by atoms with van der Waals surface area (Å²) >= 11 is 0. The summed E-state index contributed by atoms with van der Waals surface area (Å²) < 4.78 is 35.6. The van der Waals surface area contributed by atoms with Crippen LogP contribution in [0.2, 0.25) is 0 Å². The van der Waals surface area contributed by atoms with Gasteiger partial charge in [0.05, 0.1) is 17.0 Å². The predicted octanol–water partition coefficient (Wildman–Crippen LogP) is 3.25. The molecule has 3 rings (SSSR count). The summed E-state index contributed by atoms with van der Waals surface area (Å²) in [5.41, 5.74) is 0.251. The van der Waals surface area contributed by atoms with Crippen molar-refractivity contribution in [1.82, 2.24) is 13.8 Å². The van der Waals surface area contributed by atoms with Gasteiger partial charge < -0.3 is 14.2 Å². The van der Waals surface area contributed by atoms with Gasteiger partial charge >= 0.3 is 0 Å². The van der Waals surface area contributed by atoms with Crippen molar-refractivity contribution in [2.45, 2.75) is 25.2 Å². The molecule has 0 saturated heterocycles. The van der Waals surface area contributed by atoms with E-state index < -0.39 is 20.6 Å². The smallest absolute Gasteiger partial charge is 0.289 e. The van der Waals surface area contributed by atoms with Crippen LogP contribution < -0.4 is 10.3 Å². The van der Waals surface area contributed by atoms with E-state index in [0.29, 0.717) is 18.7 Å². The molecular formula is C25H32N4O6S. The lowest BCUT2D eigenvalue weighted by Gasteiger charge is -2.26. The summed E-state index contributed by atoms with van der Waals surface area (Å²) in [6, 6.07) is 14.0. The van der Waals surface area contributed by atoms with Crippen molar-refractivity contribution < 1.29 is 18.1 Å². The molecule has 194 valence electrons. The lowest BCUT2D eigenvalue weighted by molar-refractivity contribution is -0.387. The lowest BCUT2D eigenvalue weighted by atomic mass is 10.2. The van der Waals surface area contributed by atoms with E-state index >= 15 is 0 Å². The van der Waals surface area contributed by atoms with Crippen LogP contribution in [0.3, 0.4) is 0 Å². The van der Waals surface area contributed by atoms with Gasteiger partial charge in [0.25, 0.3) is 11.2 Å². The van der Waals surface area contributed by atoms with E-state index in [0.717, 1.165) is 24.0 Å². The SMILES string of the molecule is CCN(CC)CCN(CCCOc1ccc2c(ccc(=O)n2C)c1)S(=O)(=O)c1ccccc1[N+](=O)[O-]. The van der Waals surface area contributed by atoms with Crippen molar-refractivity contribution in [3.05, 3.63) is 75.1 Å². The van der Waals surface area contributed by atoms with Crippen molar-refractivity contribution in [2.24, 2.45) is 7.05 Å². The summed E-state index contributed by atoms with van der Waals surface area (Å²) in [5.74, 6) is 0.609. The lowest BCUT2D eigenvalue weighted by Crippen LogP contribution is -2.39. The zero-order valence-electron chi connectivity index (χ0n) is 20.8. The first-order valence-electron chi connectivity index (χ1n) is 11.9. The normalized spacial score (nSPS) is 11.9. The molecule has 0 amide bonds. The first kappa shape index (κ1) is 27.3. The molecule has 11 heteroatoms. The molecule has 0 unspecified atom stereocenters. The number of aromatic nitrogens is 1. The Morgan fingerprint density at radius 1 is 1.00 bits per heavy atom. The second kappa shape index (κ2) is 12.1. The fraction of sp³-hybridized carbons (Fsp3) is 0.400. The maximum absolute atomic E-state index is 13.5. The highest BCUT2D eigenvalue weighted by Crippen LogP contribution is 2.26. The number of para-hydroxylation sites is 1. The molecule has 0 bridgehead atoms. The molecule has 0 aliphatic heterocycles. The van der Waals surface area contributed by atoms with Crippen molar-refractivity contribution in [1.29, 1.82) is 0 Å². The van der Waals surface area contributed by atoms with Gasteiger partial charge in [0.15, 0.2) is 4.90 Å². The minimum Gasteiger partial charge on any atom is -0.494 e. The van der Waals surface area contributed by atoms with Crippen LogP contribution in [0.15, 0.2) is 64.3 Å². The van der Waals surface area contributed by atoms with Crippen LogP contribution in [0.5, 0.6) is 5.75 Å². The number of rotatable bonds is 13. The van der Waals surface area contributed by atoms with Gasteiger partial charge in [-0.25, -0.2) is 8.42 Å². The second-order valence-electron chi connectivity index (χ2n) is 8.31. The number of benzene rings is 2. The maximum Gasteiger partial charge on any atom is 0.289 e. The minimum atomic E-state index is -4.09. The van der Waals surface area contributed by atoms with E-state index in [-0.39, 0.29) is 30.2 Å². The third-order valence-electron chi connectivity index (χ3n) is 6.16. The monoisotopic (exact) mass is 516 g/mol. The van der Waals surface area contributed by atoms with Crippen molar-refractivity contribution in [3.63, 3.8) is 0 Å². The molecular weight excluding hydrogens is 484 g/mol. The van der Waals surface area contributed by atoms with Crippen molar-refractivity contribution in [2.75, 3.05) is 39.3 Å². The number of nitro groups is 1. The van der Waals surface area contributed by atoms with Crippen LogP contribution in [0, 0.1) is 10.1 Å². The summed E-state index contributed by atoms with van der Waals surface area (Å²) in [6.07, 6.45) is 0.392. The van der Waals surface area contributed by atoms with Gasteiger partial charge in [0.2, 0.25) is 10.0 Å². The van der Waals surface area contributed by atoms with Gasteiger partial charge in [-0.2, -0.15) is 4.31 Å². The topological polar surface area (TPSA) is 115 Å². The van der Waals surface area contributed by atoms with Gasteiger partial charge in [-0.1, -0.05) is 26.0 Å². The van der Waals surface area contributed by atoms with Crippen LogP contribution in [0.1, 0.15) is 20.3 Å². The van der Waals surface area contributed by atoms with Crippen LogP contribution in [0.4, 0.5) is 5.69 Å². The fourth-order valence-corrected chi connectivity index (χ4v) is 5.62. The van der Waals surface area contributed by atoms with Crippen LogP contribution in [-0.2, 0) is 17.1 Å². The summed E-state index contributed by atoms with van der Waals surface area (Å²) in [6.45, 7) is 6.67. The second-order valence-corrected chi connectivity index (χ2v) is 10.2. The fourth-order valence-electron chi connectivity index (χ4n) is 3.99. The number of nitro benzene ring substituents is 1. The van der Waals surface area contributed by atoms with Crippen LogP contribution in [0.25, 0.3) is 10.9 Å². The Kier molecular flexibility index (Phi) is 9.19. The average molecular weight is 517 g/mol. The van der Waals surface area contributed by atoms with Crippen LogP contribution >= 0.6 is 0 Å². The Morgan fingerprint density at radius 3 is 2.42 bits per heavy atom. The quantitative estimate of drug-likeness (QED) is 0.195. The van der Waals surface area contributed by atoms with Gasteiger partial charge in [-0.15, -0.1) is 0 Å². The molecule has 10 nitrogen and oxygen atoms in total. The molecule has 0 atom stereocenters. The Morgan fingerprint density at radius 2 is 1.72 bits per heavy atom. The summed E-state index contributed by atoms with van der Waals surface area (Å²) in [4.78, 5) is 24.4. The minimum absolute atomic E-state index is 0.0965. The van der Waals surface area contributed by atoms with E-state index in [1.54, 1.807) is 29.8 Å². The first-order valence-corrected chi connectivity index (χ1v) is 13.3. The van der Waals surface area contributed by atoms with Gasteiger partial charge in [-0.05, 0) is 49.8 Å². The highest BCUT2D eigenvalue weighted by molar-refractivity contribution is 7.89. The van der Waals surface area contributed by atoms with E-state index in [9.17, 15) is 23.3 Å². The number of fused-ring (bicyclic) bond motifs is 1. The van der Waals surface area contributed by atoms with Crippen molar-refractivity contribution in [3.8, 4) is 5.75 Å². The summed E-state index contributed by atoms with van der Waals surface area (Å²) in [5, 5.41) is 12.3. The number of hydrogen-bond acceptors (Lipinski definition) is 7. The predicted molar refractivity (Wildman–Crippen MR) is 139 cm³/mol. The molecule has 0 saturated carbocycles. The Labute approximate surface area is 210 Å². The molecule has 0 radical (unpaired) electrons. The molecule has 3 aromatic rings. The number of nitrogens with zero attached hydrogens (tertiary/aromatic N) is 4. The molecule has 0 N–H and O–H groups in total. The molecule has 0 fully saturated rings. The van der Waals surface area contributed by atoms with Gasteiger partial charge in [-0.3, -0.25) is 14.9 Å². The average Bonchev–Trinajstić information content (AvgIpc) is 2.87. The van der Waals surface area contributed by atoms with E-state index in [4.69, 9.17) is 4.74 Å². The Bertz CT molecular complexity index is 1370. The van der Waals surface area contributed by atoms with Gasteiger partial charge in [0, 0.05) is 44.2 Å². The van der Waals surface area contributed by atoms with Crippen LogP contribution in [-0.4, -0.2) is 66.4 Å². The highest BCUT2D eigenvalue weighted by Gasteiger charge is 2.31. The zero-order chi connectivity index (χ0) is 26.3. The number of hydrogen-bond donors (Lipinski definition) is 0. The number of aryl methyl sites for hydroxylation is 1. The van der Waals surface area contributed by atoms with E-state index in [1.807, 2.05) is 19.9 Å². The van der Waals surface area contributed by atoms with Gasteiger partial charge in [0.1, 0.15) is 5.75 Å². The van der Waals surface area contributed by atoms with E-state index in [2.05, 4.69) is 4.90 Å². The molecule has 36 heavy (non-hydrogen) atoms. The molecule has 2 aromatic carbocycles.